The molecule has 1 amide bonds. The van der Waals surface area contributed by atoms with Crippen LogP contribution in [-0.4, -0.2) is 51.7 Å². The Kier molecular flexibility index (Phi) is 6.70. The molecular formula is C18H28N2O4S. The summed E-state index contributed by atoms with van der Waals surface area (Å²) < 4.78 is 30.2. The summed E-state index contributed by atoms with van der Waals surface area (Å²) in [5.74, 6) is 0.613. The van der Waals surface area contributed by atoms with E-state index in [0.29, 0.717) is 17.9 Å². The average Bonchev–Trinajstić information content (AvgIpc) is 2.87. The largest absolute Gasteiger partial charge is 0.481 e. The summed E-state index contributed by atoms with van der Waals surface area (Å²) >= 11 is 0. The molecule has 0 aromatic heterocycles. The van der Waals surface area contributed by atoms with Crippen molar-refractivity contribution in [1.82, 2.24) is 4.90 Å². The van der Waals surface area contributed by atoms with Crippen molar-refractivity contribution in [2.45, 2.75) is 45.1 Å². The predicted octanol–water partition coefficient (Wildman–Crippen LogP) is 2.64. The number of likely N-dealkylation sites (tertiary alicyclic amines) is 1. The van der Waals surface area contributed by atoms with Gasteiger partial charge in [0.1, 0.15) is 5.75 Å². The van der Waals surface area contributed by atoms with Gasteiger partial charge in [-0.2, -0.15) is 0 Å². The zero-order valence-corrected chi connectivity index (χ0v) is 16.1. The number of hydrogen-bond donors (Lipinski definition) is 0. The quantitative estimate of drug-likeness (QED) is 0.774. The zero-order valence-electron chi connectivity index (χ0n) is 15.3. The second-order valence-electron chi connectivity index (χ2n) is 6.48. The topological polar surface area (TPSA) is 66.9 Å². The highest BCUT2D eigenvalue weighted by Crippen LogP contribution is 2.22. The summed E-state index contributed by atoms with van der Waals surface area (Å²) in [6, 6.07) is 6.77. The van der Waals surface area contributed by atoms with Gasteiger partial charge >= 0.3 is 0 Å². The van der Waals surface area contributed by atoms with Crippen LogP contribution in [-0.2, 0) is 14.8 Å². The van der Waals surface area contributed by atoms with Gasteiger partial charge in [0.25, 0.3) is 5.91 Å². The molecule has 1 atom stereocenters. The smallest absolute Gasteiger partial charge is 0.263 e. The van der Waals surface area contributed by atoms with Crippen LogP contribution in [0.2, 0.25) is 0 Å². The lowest BCUT2D eigenvalue weighted by molar-refractivity contribution is -0.138. The Bertz CT molecular complexity index is 665. The molecule has 1 aliphatic rings. The van der Waals surface area contributed by atoms with E-state index in [-0.39, 0.29) is 5.91 Å². The van der Waals surface area contributed by atoms with Gasteiger partial charge in [0.15, 0.2) is 6.10 Å². The Balaban J connectivity index is 2.04. The fourth-order valence-corrected chi connectivity index (χ4v) is 3.40. The van der Waals surface area contributed by atoms with Crippen LogP contribution in [0.15, 0.2) is 24.3 Å². The van der Waals surface area contributed by atoms with E-state index >= 15 is 0 Å². The molecule has 140 valence electrons. The highest BCUT2D eigenvalue weighted by molar-refractivity contribution is 7.92. The molecular weight excluding hydrogens is 340 g/mol. The first-order chi connectivity index (χ1) is 11.8. The van der Waals surface area contributed by atoms with Gasteiger partial charge in [-0.25, -0.2) is 8.42 Å². The fraction of sp³-hybridized carbons (Fsp3) is 0.611. The lowest BCUT2D eigenvalue weighted by Crippen LogP contribution is -2.42. The molecule has 6 nitrogen and oxygen atoms in total. The molecule has 25 heavy (non-hydrogen) atoms. The number of benzene rings is 1. The molecule has 1 unspecified atom stereocenters. The number of carbonyl (C=O) groups is 1. The van der Waals surface area contributed by atoms with Crippen LogP contribution < -0.4 is 9.04 Å². The Labute approximate surface area is 150 Å². The zero-order chi connectivity index (χ0) is 18.4. The summed E-state index contributed by atoms with van der Waals surface area (Å²) in [5.41, 5.74) is 0.557. The van der Waals surface area contributed by atoms with Gasteiger partial charge in [-0.15, -0.1) is 0 Å². The molecule has 1 saturated heterocycles. The van der Waals surface area contributed by atoms with Gasteiger partial charge in [-0.05, 0) is 43.5 Å². The van der Waals surface area contributed by atoms with Crippen LogP contribution in [0.5, 0.6) is 5.75 Å². The number of sulfonamides is 1. The lowest BCUT2D eigenvalue weighted by atomic mass is 10.2. The number of anilines is 1. The summed E-state index contributed by atoms with van der Waals surface area (Å²) in [6.07, 6.45) is 5.71. The van der Waals surface area contributed by atoms with E-state index in [1.165, 1.54) is 24.2 Å². The molecule has 0 aliphatic carbocycles. The normalized spacial score (nSPS) is 16.8. The van der Waals surface area contributed by atoms with Gasteiger partial charge in [-0.1, -0.05) is 19.8 Å². The molecule has 1 aromatic rings. The molecule has 0 radical (unpaired) electrons. The minimum Gasteiger partial charge on any atom is -0.481 e. The van der Waals surface area contributed by atoms with E-state index in [1.807, 2.05) is 11.8 Å². The second-order valence-corrected chi connectivity index (χ2v) is 8.49. The lowest BCUT2D eigenvalue weighted by Gasteiger charge is -2.26. The van der Waals surface area contributed by atoms with Crippen molar-refractivity contribution in [3.8, 4) is 5.75 Å². The van der Waals surface area contributed by atoms with Gasteiger partial charge in [0, 0.05) is 20.1 Å². The first kappa shape index (κ1) is 19.6. The molecule has 7 heteroatoms. The molecule has 1 aliphatic heterocycles. The molecule has 1 heterocycles. The predicted molar refractivity (Wildman–Crippen MR) is 99.4 cm³/mol. The van der Waals surface area contributed by atoms with Crippen molar-refractivity contribution in [3.05, 3.63) is 24.3 Å². The van der Waals surface area contributed by atoms with Crippen molar-refractivity contribution >= 4 is 21.6 Å². The van der Waals surface area contributed by atoms with E-state index in [1.54, 1.807) is 24.3 Å². The van der Waals surface area contributed by atoms with Crippen molar-refractivity contribution < 1.29 is 17.9 Å². The van der Waals surface area contributed by atoms with E-state index < -0.39 is 16.1 Å². The average molecular weight is 368 g/mol. The first-order valence-corrected chi connectivity index (χ1v) is 10.7. The molecule has 2 rings (SSSR count). The first-order valence-electron chi connectivity index (χ1n) is 8.82. The number of carbonyl (C=O) groups excluding carboxylic acids is 1. The maximum absolute atomic E-state index is 12.7. The summed E-state index contributed by atoms with van der Waals surface area (Å²) in [7, 11) is -1.79. The fourth-order valence-electron chi connectivity index (χ4n) is 2.89. The molecule has 1 fully saturated rings. The molecule has 0 N–H and O–H groups in total. The van der Waals surface area contributed by atoms with Gasteiger partial charge < -0.3 is 9.64 Å². The van der Waals surface area contributed by atoms with Crippen LogP contribution in [0.3, 0.4) is 0 Å². The Morgan fingerprint density at radius 3 is 2.20 bits per heavy atom. The van der Waals surface area contributed by atoms with Crippen molar-refractivity contribution in [2.24, 2.45) is 0 Å². The summed E-state index contributed by atoms with van der Waals surface area (Å²) in [5, 5.41) is 0. The van der Waals surface area contributed by atoms with Crippen LogP contribution in [0.1, 0.15) is 39.0 Å². The monoisotopic (exact) mass is 368 g/mol. The minimum absolute atomic E-state index is 0.0433. The van der Waals surface area contributed by atoms with E-state index in [0.717, 1.165) is 32.2 Å². The molecule has 0 bridgehead atoms. The van der Waals surface area contributed by atoms with Gasteiger partial charge in [0.05, 0.1) is 11.9 Å². The van der Waals surface area contributed by atoms with E-state index in [9.17, 15) is 13.2 Å². The van der Waals surface area contributed by atoms with Crippen molar-refractivity contribution in [3.63, 3.8) is 0 Å². The maximum atomic E-state index is 12.7. The number of ether oxygens (including phenoxy) is 1. The maximum Gasteiger partial charge on any atom is 0.263 e. The third-order valence-corrected chi connectivity index (χ3v) is 5.75. The van der Waals surface area contributed by atoms with Crippen LogP contribution in [0, 0.1) is 0 Å². The Morgan fingerprint density at radius 2 is 1.72 bits per heavy atom. The van der Waals surface area contributed by atoms with Crippen molar-refractivity contribution in [2.75, 3.05) is 30.7 Å². The Hall–Kier alpha value is -1.76. The number of nitrogens with zero attached hydrogens (tertiary/aromatic N) is 2. The molecule has 0 spiro atoms. The van der Waals surface area contributed by atoms with Crippen molar-refractivity contribution in [1.29, 1.82) is 0 Å². The van der Waals surface area contributed by atoms with Crippen LogP contribution >= 0.6 is 0 Å². The number of amides is 1. The third-order valence-electron chi connectivity index (χ3n) is 4.54. The summed E-state index contributed by atoms with van der Waals surface area (Å²) in [4.78, 5) is 14.6. The highest BCUT2D eigenvalue weighted by atomic mass is 32.2. The SMILES string of the molecule is CCC(Oc1ccc(N(C)S(C)(=O)=O)cc1)C(=O)N1CCCCCC1. The Morgan fingerprint density at radius 1 is 1.16 bits per heavy atom. The van der Waals surface area contributed by atoms with Gasteiger partial charge in [-0.3, -0.25) is 9.10 Å². The standard InChI is InChI=1S/C18H28N2O4S/c1-4-17(18(21)20-13-7-5-6-8-14-20)24-16-11-9-15(10-12-16)19(2)25(3,22)23/h9-12,17H,4-8,13-14H2,1-3H3. The van der Waals surface area contributed by atoms with E-state index in [4.69, 9.17) is 4.74 Å². The van der Waals surface area contributed by atoms with Crippen LogP contribution in [0.25, 0.3) is 0 Å². The molecule has 0 saturated carbocycles. The van der Waals surface area contributed by atoms with Crippen LogP contribution in [0.4, 0.5) is 5.69 Å². The number of rotatable bonds is 6. The minimum atomic E-state index is -3.30. The summed E-state index contributed by atoms with van der Waals surface area (Å²) in [6.45, 7) is 3.54. The van der Waals surface area contributed by atoms with E-state index in [2.05, 4.69) is 0 Å². The molecule has 1 aromatic carbocycles. The second kappa shape index (κ2) is 8.56. The number of hydrogen-bond acceptors (Lipinski definition) is 4. The highest BCUT2D eigenvalue weighted by Gasteiger charge is 2.25. The van der Waals surface area contributed by atoms with Gasteiger partial charge in [0.2, 0.25) is 10.0 Å². The third kappa shape index (κ3) is 5.36.